The number of hydrogen-bond acceptors (Lipinski definition) is 7. The Morgan fingerprint density at radius 2 is 2.06 bits per heavy atom. The van der Waals surface area contributed by atoms with E-state index in [4.69, 9.17) is 9.72 Å². The third kappa shape index (κ3) is 4.05. The second kappa shape index (κ2) is 9.13. The first-order chi connectivity index (χ1) is 16.9. The van der Waals surface area contributed by atoms with Gasteiger partial charge in [-0.1, -0.05) is 48.3 Å². The fourth-order valence-corrected chi connectivity index (χ4v) is 6.13. The van der Waals surface area contributed by atoms with E-state index in [0.29, 0.717) is 27.9 Å². The van der Waals surface area contributed by atoms with Gasteiger partial charge in [-0.05, 0) is 60.2 Å². The minimum atomic E-state index is -0.855. The van der Waals surface area contributed by atoms with Crippen molar-refractivity contribution in [3.05, 3.63) is 99.5 Å². The summed E-state index contributed by atoms with van der Waals surface area (Å²) in [5.74, 6) is -1.03. The number of anilines is 1. The quantitative estimate of drug-likeness (QED) is 0.236. The summed E-state index contributed by atoms with van der Waals surface area (Å²) in [4.78, 5) is 33.6. The Balaban J connectivity index is 1.68. The van der Waals surface area contributed by atoms with E-state index >= 15 is 0 Å². The van der Waals surface area contributed by atoms with Gasteiger partial charge in [0.15, 0.2) is 10.9 Å². The van der Waals surface area contributed by atoms with Crippen LogP contribution in [-0.4, -0.2) is 28.4 Å². The van der Waals surface area contributed by atoms with E-state index in [1.807, 2.05) is 32.0 Å². The van der Waals surface area contributed by atoms with Crippen molar-refractivity contribution >= 4 is 49.7 Å². The van der Waals surface area contributed by atoms with Crippen LogP contribution in [0, 0.1) is 13.8 Å². The molecule has 1 aliphatic rings. The summed E-state index contributed by atoms with van der Waals surface area (Å²) in [5, 5.41) is 13.2. The number of thiophene rings is 1. The van der Waals surface area contributed by atoms with Gasteiger partial charge in [0.25, 0.3) is 5.91 Å². The number of nitrogens with zero attached hydrogens (tertiary/aromatic N) is 2. The number of fused-ring (bicyclic) bond motifs is 1. The van der Waals surface area contributed by atoms with Crippen LogP contribution < -0.4 is 9.64 Å². The van der Waals surface area contributed by atoms with E-state index in [-0.39, 0.29) is 11.4 Å². The van der Waals surface area contributed by atoms with Crippen molar-refractivity contribution < 1.29 is 19.4 Å². The van der Waals surface area contributed by atoms with Crippen LogP contribution in [0.2, 0.25) is 0 Å². The highest BCUT2D eigenvalue weighted by molar-refractivity contribution is 7.22. The monoisotopic (exact) mass is 502 g/mol. The maximum absolute atomic E-state index is 13.5. The molecule has 0 fully saturated rings. The maximum Gasteiger partial charge on any atom is 0.296 e. The van der Waals surface area contributed by atoms with Gasteiger partial charge in [-0.25, -0.2) is 4.98 Å². The van der Waals surface area contributed by atoms with E-state index in [0.717, 1.165) is 21.3 Å². The van der Waals surface area contributed by atoms with Gasteiger partial charge in [-0.15, -0.1) is 11.3 Å². The molecule has 1 unspecified atom stereocenters. The topological polar surface area (TPSA) is 79.7 Å². The predicted octanol–water partition coefficient (Wildman–Crippen LogP) is 6.32. The number of aryl methyl sites for hydroxylation is 2. The molecule has 1 N–H and O–H groups in total. The van der Waals surface area contributed by atoms with Crippen molar-refractivity contribution in [3.63, 3.8) is 0 Å². The molecular weight excluding hydrogens is 480 g/mol. The highest BCUT2D eigenvalue weighted by Gasteiger charge is 2.46. The first-order valence-corrected chi connectivity index (χ1v) is 12.6. The van der Waals surface area contributed by atoms with Crippen LogP contribution in [0.25, 0.3) is 10.2 Å². The van der Waals surface area contributed by atoms with Crippen molar-refractivity contribution in [2.75, 3.05) is 11.5 Å². The lowest BCUT2D eigenvalue weighted by molar-refractivity contribution is -0.117. The second-order valence-electron chi connectivity index (χ2n) is 8.24. The molecule has 3 heterocycles. The molecule has 1 amide bonds. The maximum atomic E-state index is 13.5. The molecule has 2 aromatic carbocycles. The molecule has 0 radical (unpaired) electrons. The van der Waals surface area contributed by atoms with E-state index in [2.05, 4.69) is 6.58 Å². The van der Waals surface area contributed by atoms with Crippen LogP contribution in [0.15, 0.2) is 77.9 Å². The molecule has 0 saturated carbocycles. The normalized spacial score (nSPS) is 15.8. The van der Waals surface area contributed by atoms with Crippen molar-refractivity contribution in [1.82, 2.24) is 4.98 Å². The van der Waals surface area contributed by atoms with Gasteiger partial charge in [0.2, 0.25) is 5.78 Å². The van der Waals surface area contributed by atoms with Crippen molar-refractivity contribution in [2.45, 2.75) is 19.9 Å². The van der Waals surface area contributed by atoms with Gasteiger partial charge in [-0.3, -0.25) is 14.5 Å². The highest BCUT2D eigenvalue weighted by Crippen LogP contribution is 2.45. The molecule has 1 atom stereocenters. The fraction of sp³-hybridized carbons (Fsp3) is 0.148. The molecule has 4 aromatic rings. The molecule has 6 nitrogen and oxygen atoms in total. The van der Waals surface area contributed by atoms with E-state index in [1.165, 1.54) is 27.6 Å². The number of Topliss-reactive ketones (excluding diaryl/α,β-unsaturated/α-hetero) is 1. The fourth-order valence-electron chi connectivity index (χ4n) is 4.28. The number of ether oxygens (including phenoxy) is 1. The standard InChI is InChI=1S/C27H22N2O4S2/c1-4-10-33-18-8-5-7-17(14-18)23-21(24(30)19-9-6-11-34-19)25(31)26(32)29(23)27-28-22-16(3)12-15(2)13-20(22)35-27/h4-9,11-14,23,31H,1,10H2,2-3H3. The molecule has 35 heavy (non-hydrogen) atoms. The zero-order valence-electron chi connectivity index (χ0n) is 19.1. The average Bonchev–Trinajstić information content (AvgIpc) is 3.57. The number of aromatic nitrogens is 1. The summed E-state index contributed by atoms with van der Waals surface area (Å²) in [6.45, 7) is 7.98. The highest BCUT2D eigenvalue weighted by atomic mass is 32.1. The number of thiazole rings is 1. The zero-order chi connectivity index (χ0) is 24.7. The molecular formula is C27H22N2O4S2. The van der Waals surface area contributed by atoms with Crippen LogP contribution in [-0.2, 0) is 4.79 Å². The summed E-state index contributed by atoms with van der Waals surface area (Å²) >= 11 is 2.62. The second-order valence-corrected chi connectivity index (χ2v) is 10.2. The Kier molecular flexibility index (Phi) is 6.00. The molecule has 2 aromatic heterocycles. The molecule has 8 heteroatoms. The number of ketones is 1. The van der Waals surface area contributed by atoms with E-state index in [9.17, 15) is 14.7 Å². The number of carbonyl (C=O) groups excluding carboxylic acids is 2. The minimum Gasteiger partial charge on any atom is -0.503 e. The Morgan fingerprint density at radius 3 is 2.80 bits per heavy atom. The molecule has 5 rings (SSSR count). The van der Waals surface area contributed by atoms with E-state index in [1.54, 1.807) is 41.8 Å². The van der Waals surface area contributed by atoms with Crippen molar-refractivity contribution in [1.29, 1.82) is 0 Å². The summed E-state index contributed by atoms with van der Waals surface area (Å²) in [7, 11) is 0. The van der Waals surface area contributed by atoms with Gasteiger partial charge in [0, 0.05) is 0 Å². The lowest BCUT2D eigenvalue weighted by Gasteiger charge is -2.24. The van der Waals surface area contributed by atoms with Gasteiger partial charge in [0.1, 0.15) is 12.4 Å². The summed E-state index contributed by atoms with van der Waals surface area (Å²) in [6.07, 6.45) is 1.64. The lowest BCUT2D eigenvalue weighted by atomic mass is 9.95. The summed E-state index contributed by atoms with van der Waals surface area (Å²) in [5.41, 5.74) is 3.55. The lowest BCUT2D eigenvalue weighted by Crippen LogP contribution is -2.31. The van der Waals surface area contributed by atoms with Crippen LogP contribution in [0.4, 0.5) is 5.13 Å². The van der Waals surface area contributed by atoms with Crippen LogP contribution in [0.5, 0.6) is 5.75 Å². The molecule has 0 spiro atoms. The smallest absolute Gasteiger partial charge is 0.296 e. The van der Waals surface area contributed by atoms with Crippen LogP contribution >= 0.6 is 22.7 Å². The Hall–Kier alpha value is -3.75. The van der Waals surface area contributed by atoms with Gasteiger partial charge in [0.05, 0.1) is 26.7 Å². The number of hydrogen-bond donors (Lipinski definition) is 1. The third-order valence-electron chi connectivity index (χ3n) is 5.76. The van der Waals surface area contributed by atoms with Crippen LogP contribution in [0.1, 0.15) is 32.4 Å². The number of aliphatic hydroxyl groups is 1. The van der Waals surface area contributed by atoms with Crippen LogP contribution in [0.3, 0.4) is 0 Å². The molecule has 1 aliphatic heterocycles. The SMILES string of the molecule is C=CCOc1cccc(C2C(C(=O)c3cccs3)=C(O)C(=O)N2c2nc3c(C)cc(C)cc3s2)c1. The largest absolute Gasteiger partial charge is 0.503 e. The summed E-state index contributed by atoms with van der Waals surface area (Å²) < 4.78 is 6.63. The Bertz CT molecular complexity index is 1500. The van der Waals surface area contributed by atoms with Gasteiger partial charge >= 0.3 is 0 Å². The number of amides is 1. The first kappa shape index (κ1) is 23.0. The number of benzene rings is 2. The minimum absolute atomic E-state index is 0.0329. The zero-order valence-corrected chi connectivity index (χ0v) is 20.8. The Morgan fingerprint density at radius 1 is 1.23 bits per heavy atom. The number of aliphatic hydroxyl groups excluding tert-OH is 1. The van der Waals surface area contributed by atoms with Crippen molar-refractivity contribution in [2.24, 2.45) is 0 Å². The molecule has 176 valence electrons. The number of rotatable bonds is 7. The Labute approximate surface area is 210 Å². The first-order valence-electron chi connectivity index (χ1n) is 11.0. The predicted molar refractivity (Wildman–Crippen MR) is 140 cm³/mol. The third-order valence-corrected chi connectivity index (χ3v) is 7.63. The summed E-state index contributed by atoms with van der Waals surface area (Å²) in [6, 6.07) is 13.8. The molecule has 0 aliphatic carbocycles. The van der Waals surface area contributed by atoms with Gasteiger partial charge < -0.3 is 9.84 Å². The van der Waals surface area contributed by atoms with E-state index < -0.39 is 17.7 Å². The number of carbonyl (C=O) groups is 2. The molecule has 0 bridgehead atoms. The van der Waals surface area contributed by atoms with Gasteiger partial charge in [-0.2, -0.15) is 0 Å². The average molecular weight is 503 g/mol. The molecule has 0 saturated heterocycles. The van der Waals surface area contributed by atoms with Crippen molar-refractivity contribution in [3.8, 4) is 5.75 Å².